The lowest BCUT2D eigenvalue weighted by Crippen LogP contribution is -2.01. The maximum absolute atomic E-state index is 11.3. The van der Waals surface area contributed by atoms with Gasteiger partial charge in [-0.15, -0.1) is 0 Å². The van der Waals surface area contributed by atoms with E-state index in [0.717, 1.165) is 23.4 Å². The molecule has 2 aromatic carbocycles. The molecule has 1 heterocycles. The second-order valence-electron chi connectivity index (χ2n) is 4.83. The largest absolute Gasteiger partial charge is 0.478 e. The van der Waals surface area contributed by atoms with Crippen molar-refractivity contribution in [3.8, 4) is 11.3 Å². The van der Waals surface area contributed by atoms with Gasteiger partial charge in [-0.25, -0.2) is 14.8 Å². The van der Waals surface area contributed by atoms with Crippen LogP contribution in [0.4, 0.5) is 0 Å². The number of carboxylic acid groups (broad SMARTS) is 1. The molecule has 0 saturated heterocycles. The molecule has 4 nitrogen and oxygen atoms in total. The van der Waals surface area contributed by atoms with Gasteiger partial charge >= 0.3 is 5.97 Å². The summed E-state index contributed by atoms with van der Waals surface area (Å²) in [5.41, 5.74) is 5.25. The van der Waals surface area contributed by atoms with Crippen molar-refractivity contribution in [2.24, 2.45) is 0 Å². The third kappa shape index (κ3) is 1.45. The Morgan fingerprint density at radius 3 is 2.75 bits per heavy atom. The van der Waals surface area contributed by atoms with E-state index in [2.05, 4.69) is 16.0 Å². The molecule has 0 atom stereocenters. The fourth-order valence-electron chi connectivity index (χ4n) is 2.71. The molecule has 0 unspecified atom stereocenters. The van der Waals surface area contributed by atoms with Gasteiger partial charge in [-0.3, -0.25) is 0 Å². The lowest BCUT2D eigenvalue weighted by atomic mass is 10.1. The van der Waals surface area contributed by atoms with E-state index >= 15 is 0 Å². The molecule has 4 rings (SSSR count). The zero-order valence-corrected chi connectivity index (χ0v) is 10.5. The molecule has 0 amide bonds. The van der Waals surface area contributed by atoms with Crippen LogP contribution in [0.25, 0.3) is 22.3 Å². The van der Waals surface area contributed by atoms with Crippen LogP contribution >= 0.6 is 0 Å². The van der Waals surface area contributed by atoms with Crippen LogP contribution in [-0.2, 0) is 6.42 Å². The molecule has 3 aromatic rings. The first kappa shape index (κ1) is 11.1. The van der Waals surface area contributed by atoms with Gasteiger partial charge in [0.25, 0.3) is 0 Å². The highest BCUT2D eigenvalue weighted by Crippen LogP contribution is 2.35. The van der Waals surface area contributed by atoms with Crippen molar-refractivity contribution in [2.45, 2.75) is 6.42 Å². The first-order chi connectivity index (χ1) is 9.74. The van der Waals surface area contributed by atoms with Gasteiger partial charge in [0, 0.05) is 12.0 Å². The van der Waals surface area contributed by atoms with Crippen molar-refractivity contribution in [2.75, 3.05) is 0 Å². The van der Waals surface area contributed by atoms with E-state index in [0.29, 0.717) is 11.0 Å². The smallest absolute Gasteiger partial charge is 0.337 e. The molecule has 4 heteroatoms. The Labute approximate surface area is 114 Å². The zero-order valence-electron chi connectivity index (χ0n) is 10.5. The van der Waals surface area contributed by atoms with Gasteiger partial charge in [-0.05, 0) is 17.7 Å². The van der Waals surface area contributed by atoms with Gasteiger partial charge in [-0.2, -0.15) is 0 Å². The summed E-state index contributed by atoms with van der Waals surface area (Å²) in [5, 5.41) is 9.26. The number of benzene rings is 2. The van der Waals surface area contributed by atoms with E-state index in [1.54, 1.807) is 18.2 Å². The van der Waals surface area contributed by atoms with Crippen LogP contribution < -0.4 is 0 Å². The summed E-state index contributed by atoms with van der Waals surface area (Å²) in [6, 6.07) is 13.1. The number of aromatic carboxylic acids is 1. The van der Waals surface area contributed by atoms with Crippen molar-refractivity contribution in [1.82, 2.24) is 9.97 Å². The predicted molar refractivity (Wildman–Crippen MR) is 74.7 cm³/mol. The minimum Gasteiger partial charge on any atom is -0.478 e. The van der Waals surface area contributed by atoms with E-state index in [1.165, 1.54) is 5.56 Å². The SMILES string of the molecule is O=C(O)c1cccc2nc3c(nc12)-c1ccccc1C3. The van der Waals surface area contributed by atoms with Crippen LogP contribution in [-0.4, -0.2) is 21.0 Å². The molecule has 1 aliphatic carbocycles. The fraction of sp³-hybridized carbons (Fsp3) is 0.0625. The number of hydrogen-bond donors (Lipinski definition) is 1. The number of nitrogens with zero attached hydrogens (tertiary/aromatic N) is 2. The average molecular weight is 262 g/mol. The third-order valence-corrected chi connectivity index (χ3v) is 3.63. The van der Waals surface area contributed by atoms with E-state index in [4.69, 9.17) is 0 Å². The van der Waals surface area contributed by atoms with Gasteiger partial charge in [-0.1, -0.05) is 30.3 Å². The van der Waals surface area contributed by atoms with Crippen LogP contribution in [0, 0.1) is 0 Å². The van der Waals surface area contributed by atoms with E-state index < -0.39 is 5.97 Å². The first-order valence-corrected chi connectivity index (χ1v) is 6.35. The molecule has 20 heavy (non-hydrogen) atoms. The van der Waals surface area contributed by atoms with Gasteiger partial charge < -0.3 is 5.11 Å². The number of rotatable bonds is 1. The van der Waals surface area contributed by atoms with Crippen LogP contribution in [0.5, 0.6) is 0 Å². The molecule has 1 aliphatic rings. The van der Waals surface area contributed by atoms with Crippen molar-refractivity contribution >= 4 is 17.0 Å². The maximum Gasteiger partial charge on any atom is 0.337 e. The Hall–Kier alpha value is -2.75. The third-order valence-electron chi connectivity index (χ3n) is 3.63. The van der Waals surface area contributed by atoms with E-state index in [-0.39, 0.29) is 5.56 Å². The number of carboxylic acids is 1. The highest BCUT2D eigenvalue weighted by molar-refractivity contribution is 6.01. The molecule has 0 spiro atoms. The summed E-state index contributed by atoms with van der Waals surface area (Å²) in [6.07, 6.45) is 0.756. The molecule has 0 radical (unpaired) electrons. The minimum absolute atomic E-state index is 0.196. The van der Waals surface area contributed by atoms with Gasteiger partial charge in [0.05, 0.1) is 22.5 Å². The molecule has 1 aromatic heterocycles. The highest BCUT2D eigenvalue weighted by atomic mass is 16.4. The average Bonchev–Trinajstić information content (AvgIpc) is 2.81. The van der Waals surface area contributed by atoms with Crippen molar-refractivity contribution in [3.63, 3.8) is 0 Å². The van der Waals surface area contributed by atoms with Crippen LogP contribution in [0.3, 0.4) is 0 Å². The van der Waals surface area contributed by atoms with E-state index in [1.807, 2.05) is 18.2 Å². The molecule has 0 bridgehead atoms. The van der Waals surface area contributed by atoms with Crippen molar-refractivity contribution < 1.29 is 9.90 Å². The Morgan fingerprint density at radius 2 is 1.90 bits per heavy atom. The summed E-state index contributed by atoms with van der Waals surface area (Å²) < 4.78 is 0. The Bertz CT molecular complexity index is 871. The van der Waals surface area contributed by atoms with Gasteiger partial charge in [0.2, 0.25) is 0 Å². The molecular weight excluding hydrogens is 252 g/mol. The fourth-order valence-corrected chi connectivity index (χ4v) is 2.71. The van der Waals surface area contributed by atoms with Crippen LogP contribution in [0.1, 0.15) is 21.6 Å². The van der Waals surface area contributed by atoms with E-state index in [9.17, 15) is 9.90 Å². The summed E-state index contributed by atoms with van der Waals surface area (Å²) in [7, 11) is 0. The normalized spacial score (nSPS) is 12.2. The number of hydrogen-bond acceptors (Lipinski definition) is 3. The van der Waals surface area contributed by atoms with Crippen molar-refractivity contribution in [1.29, 1.82) is 0 Å². The summed E-state index contributed by atoms with van der Waals surface area (Å²) in [5.74, 6) is -0.976. The highest BCUT2D eigenvalue weighted by Gasteiger charge is 2.22. The van der Waals surface area contributed by atoms with Crippen molar-refractivity contribution in [3.05, 3.63) is 59.3 Å². The molecule has 1 N–H and O–H groups in total. The number of fused-ring (bicyclic) bond motifs is 4. The van der Waals surface area contributed by atoms with Gasteiger partial charge in [0.15, 0.2) is 0 Å². The molecule has 0 aliphatic heterocycles. The molecule has 0 saturated carbocycles. The Balaban J connectivity index is 2.07. The van der Waals surface area contributed by atoms with Crippen LogP contribution in [0.15, 0.2) is 42.5 Å². The summed E-state index contributed by atoms with van der Waals surface area (Å²) >= 11 is 0. The molecular formula is C16H10N2O2. The quantitative estimate of drug-likeness (QED) is 0.573. The topological polar surface area (TPSA) is 63.1 Å². The standard InChI is InChI=1S/C16H10N2O2/c19-16(20)11-6-3-7-12-15(11)18-14-10-5-2-1-4-9(10)8-13(14)17-12/h1-7H,8H2,(H,19,20). The number of para-hydroxylation sites is 1. The van der Waals surface area contributed by atoms with Crippen LogP contribution in [0.2, 0.25) is 0 Å². The zero-order chi connectivity index (χ0) is 13.7. The lowest BCUT2D eigenvalue weighted by molar-refractivity contribution is 0.0699. The first-order valence-electron chi connectivity index (χ1n) is 6.35. The summed E-state index contributed by atoms with van der Waals surface area (Å²) in [6.45, 7) is 0. The van der Waals surface area contributed by atoms with Gasteiger partial charge in [0.1, 0.15) is 5.52 Å². The minimum atomic E-state index is -0.976. The second kappa shape index (κ2) is 3.87. The number of carbonyl (C=O) groups is 1. The maximum atomic E-state index is 11.3. The molecule has 96 valence electrons. The lowest BCUT2D eigenvalue weighted by Gasteiger charge is -2.05. The predicted octanol–water partition coefficient (Wildman–Crippen LogP) is 2.90. The molecule has 0 fully saturated rings. The Kier molecular flexibility index (Phi) is 2.15. The monoisotopic (exact) mass is 262 g/mol. The number of aromatic nitrogens is 2. The second-order valence-corrected chi connectivity index (χ2v) is 4.83. The Morgan fingerprint density at radius 1 is 1.05 bits per heavy atom. The summed E-state index contributed by atoms with van der Waals surface area (Å²) in [4.78, 5) is 20.5.